The van der Waals surface area contributed by atoms with E-state index >= 15 is 0 Å². The summed E-state index contributed by atoms with van der Waals surface area (Å²) in [6.07, 6.45) is 5.12. The number of unbranched alkanes of at least 4 members (excludes halogenated alkanes) is 1. The largest absolute Gasteiger partial charge is 0.328 e. The lowest BCUT2D eigenvalue weighted by Crippen LogP contribution is -2.30. The van der Waals surface area contributed by atoms with Gasteiger partial charge in [0.1, 0.15) is 0 Å². The minimum atomic E-state index is -0.343. The van der Waals surface area contributed by atoms with E-state index in [0.717, 1.165) is 12.8 Å². The highest BCUT2D eigenvalue weighted by Crippen LogP contribution is 1.93. The Morgan fingerprint density at radius 1 is 1.57 bits per heavy atom. The smallest absolute Gasteiger partial charge is 0.300 e. The van der Waals surface area contributed by atoms with Crippen molar-refractivity contribution in [1.29, 1.82) is 0 Å². The lowest BCUT2D eigenvalue weighted by atomic mass is 10.3. The van der Waals surface area contributed by atoms with Gasteiger partial charge in [0.25, 0.3) is 5.56 Å². The number of aryl methyl sites for hydroxylation is 2. The zero-order valence-corrected chi connectivity index (χ0v) is 8.25. The molecule has 14 heavy (non-hydrogen) atoms. The second-order valence-corrected chi connectivity index (χ2v) is 3.20. The minimum absolute atomic E-state index is 0.310. The number of aromatic amines is 1. The molecule has 0 saturated carbocycles. The summed E-state index contributed by atoms with van der Waals surface area (Å²) in [6, 6.07) is 0. The topological polar surface area (TPSA) is 54.9 Å². The molecule has 0 radical (unpaired) electrons. The van der Waals surface area contributed by atoms with E-state index in [1.54, 1.807) is 13.1 Å². The van der Waals surface area contributed by atoms with Crippen molar-refractivity contribution in [2.75, 3.05) is 0 Å². The van der Waals surface area contributed by atoms with Gasteiger partial charge in [-0.05, 0) is 19.8 Å². The highest BCUT2D eigenvalue weighted by atomic mass is 16.2. The SMILES string of the molecule is C=CCCCn1cc(C)c(=O)[nH]c1=O. The first-order valence-electron chi connectivity index (χ1n) is 4.56. The predicted molar refractivity (Wildman–Crippen MR) is 55.5 cm³/mol. The van der Waals surface area contributed by atoms with Gasteiger partial charge in [0.15, 0.2) is 0 Å². The van der Waals surface area contributed by atoms with Gasteiger partial charge in [-0.25, -0.2) is 4.79 Å². The van der Waals surface area contributed by atoms with Crippen LogP contribution < -0.4 is 11.2 Å². The fourth-order valence-electron chi connectivity index (χ4n) is 1.19. The summed E-state index contributed by atoms with van der Waals surface area (Å²) in [6.45, 7) is 5.90. The number of rotatable bonds is 4. The van der Waals surface area contributed by atoms with E-state index in [-0.39, 0.29) is 11.2 Å². The average molecular weight is 194 g/mol. The predicted octanol–water partition coefficient (Wildman–Crippen LogP) is 0.811. The van der Waals surface area contributed by atoms with Crippen LogP contribution >= 0.6 is 0 Å². The Balaban J connectivity index is 2.87. The minimum Gasteiger partial charge on any atom is -0.300 e. The van der Waals surface area contributed by atoms with Gasteiger partial charge < -0.3 is 4.57 Å². The molecule has 1 aromatic heterocycles. The van der Waals surface area contributed by atoms with Crippen LogP contribution in [0.2, 0.25) is 0 Å². The Hall–Kier alpha value is -1.58. The van der Waals surface area contributed by atoms with Crippen LogP contribution in [0.5, 0.6) is 0 Å². The Bertz CT molecular complexity index is 428. The number of nitrogens with one attached hydrogen (secondary N) is 1. The van der Waals surface area contributed by atoms with E-state index < -0.39 is 0 Å². The zero-order chi connectivity index (χ0) is 10.6. The first-order valence-corrected chi connectivity index (χ1v) is 4.56. The van der Waals surface area contributed by atoms with E-state index in [1.165, 1.54) is 4.57 Å². The Kier molecular flexibility index (Phi) is 3.45. The van der Waals surface area contributed by atoms with Crippen molar-refractivity contribution in [3.63, 3.8) is 0 Å². The molecule has 1 N–H and O–H groups in total. The highest BCUT2D eigenvalue weighted by Gasteiger charge is 1.99. The van der Waals surface area contributed by atoms with E-state index in [0.29, 0.717) is 12.1 Å². The second-order valence-electron chi connectivity index (χ2n) is 3.20. The Labute approximate surface area is 81.9 Å². The van der Waals surface area contributed by atoms with Crippen molar-refractivity contribution in [2.24, 2.45) is 0 Å². The van der Waals surface area contributed by atoms with Gasteiger partial charge in [0, 0.05) is 18.3 Å². The number of hydrogen-bond acceptors (Lipinski definition) is 2. The molecule has 0 fully saturated rings. The highest BCUT2D eigenvalue weighted by molar-refractivity contribution is 5.00. The molecule has 4 heteroatoms. The summed E-state index contributed by atoms with van der Waals surface area (Å²) in [5.74, 6) is 0. The molecular formula is C10H14N2O2. The van der Waals surface area contributed by atoms with Crippen LogP contribution in [0.15, 0.2) is 28.4 Å². The van der Waals surface area contributed by atoms with Gasteiger partial charge in [-0.1, -0.05) is 6.08 Å². The van der Waals surface area contributed by atoms with Gasteiger partial charge in [0.2, 0.25) is 0 Å². The van der Waals surface area contributed by atoms with Gasteiger partial charge in [0.05, 0.1) is 0 Å². The first kappa shape index (κ1) is 10.5. The summed E-state index contributed by atoms with van der Waals surface area (Å²) in [4.78, 5) is 24.6. The molecule has 76 valence electrons. The number of H-pyrrole nitrogens is 1. The van der Waals surface area contributed by atoms with Crippen molar-refractivity contribution in [1.82, 2.24) is 9.55 Å². The number of nitrogens with zero attached hydrogens (tertiary/aromatic N) is 1. The lowest BCUT2D eigenvalue weighted by Gasteiger charge is -2.03. The summed E-state index contributed by atoms with van der Waals surface area (Å²) in [5.41, 5.74) is -0.0946. The second kappa shape index (κ2) is 4.60. The summed E-state index contributed by atoms with van der Waals surface area (Å²) in [7, 11) is 0. The monoisotopic (exact) mass is 194 g/mol. The van der Waals surface area contributed by atoms with Crippen LogP contribution in [0.4, 0.5) is 0 Å². The maximum absolute atomic E-state index is 11.3. The van der Waals surface area contributed by atoms with Crippen LogP contribution in [0, 0.1) is 6.92 Å². The van der Waals surface area contributed by atoms with E-state index in [9.17, 15) is 9.59 Å². The van der Waals surface area contributed by atoms with Crippen LogP contribution in [-0.2, 0) is 6.54 Å². The third kappa shape index (κ3) is 2.45. The molecule has 0 aliphatic heterocycles. The van der Waals surface area contributed by atoms with Gasteiger partial charge in [-0.15, -0.1) is 6.58 Å². The normalized spacial score (nSPS) is 10.1. The maximum Gasteiger partial charge on any atom is 0.328 e. The van der Waals surface area contributed by atoms with E-state index in [4.69, 9.17) is 0 Å². The van der Waals surface area contributed by atoms with Crippen molar-refractivity contribution in [3.8, 4) is 0 Å². The molecule has 0 spiro atoms. The fraction of sp³-hybridized carbons (Fsp3) is 0.400. The first-order chi connectivity index (χ1) is 6.65. The zero-order valence-electron chi connectivity index (χ0n) is 8.25. The lowest BCUT2D eigenvalue weighted by molar-refractivity contribution is 0.607. The molecule has 0 aromatic carbocycles. The van der Waals surface area contributed by atoms with Crippen molar-refractivity contribution in [3.05, 3.63) is 45.3 Å². The average Bonchev–Trinajstić information content (AvgIpc) is 2.14. The van der Waals surface area contributed by atoms with Crippen molar-refractivity contribution < 1.29 is 0 Å². The molecule has 0 unspecified atom stereocenters. The van der Waals surface area contributed by atoms with Gasteiger partial charge in [-0.2, -0.15) is 0 Å². The van der Waals surface area contributed by atoms with E-state index in [2.05, 4.69) is 11.6 Å². The van der Waals surface area contributed by atoms with Gasteiger partial charge >= 0.3 is 5.69 Å². The molecule has 1 rings (SSSR count). The summed E-state index contributed by atoms with van der Waals surface area (Å²) in [5, 5.41) is 0. The van der Waals surface area contributed by atoms with Gasteiger partial charge in [-0.3, -0.25) is 9.78 Å². The van der Waals surface area contributed by atoms with Crippen LogP contribution in [0.3, 0.4) is 0 Å². The van der Waals surface area contributed by atoms with Crippen LogP contribution in [-0.4, -0.2) is 9.55 Å². The van der Waals surface area contributed by atoms with Crippen LogP contribution in [0.25, 0.3) is 0 Å². The molecule has 0 aliphatic carbocycles. The molecule has 1 heterocycles. The fourth-order valence-corrected chi connectivity index (χ4v) is 1.19. The number of aromatic nitrogens is 2. The molecule has 0 bridgehead atoms. The molecule has 0 saturated heterocycles. The third-order valence-corrected chi connectivity index (χ3v) is 2.00. The quantitative estimate of drug-likeness (QED) is 0.569. The third-order valence-electron chi connectivity index (χ3n) is 2.00. The molecule has 0 atom stereocenters. The van der Waals surface area contributed by atoms with Crippen molar-refractivity contribution in [2.45, 2.75) is 26.3 Å². The summed E-state index contributed by atoms with van der Waals surface area (Å²) >= 11 is 0. The number of hydrogen-bond donors (Lipinski definition) is 1. The Morgan fingerprint density at radius 3 is 2.93 bits per heavy atom. The van der Waals surface area contributed by atoms with Crippen molar-refractivity contribution >= 4 is 0 Å². The maximum atomic E-state index is 11.3. The van der Waals surface area contributed by atoms with Crippen LogP contribution in [0.1, 0.15) is 18.4 Å². The molecule has 4 nitrogen and oxygen atoms in total. The standard InChI is InChI=1S/C10H14N2O2/c1-3-4-5-6-12-7-8(2)9(13)11-10(12)14/h3,7H,1,4-6H2,2H3,(H,11,13,14). The molecular weight excluding hydrogens is 180 g/mol. The van der Waals surface area contributed by atoms with E-state index in [1.807, 2.05) is 6.08 Å². The summed E-state index contributed by atoms with van der Waals surface area (Å²) < 4.78 is 1.51. The molecule has 0 amide bonds. The number of allylic oxidation sites excluding steroid dienone is 1. The Morgan fingerprint density at radius 2 is 2.29 bits per heavy atom. The molecule has 1 aromatic rings. The molecule has 0 aliphatic rings.